The highest BCUT2D eigenvalue weighted by Gasteiger charge is 2.34. The molecule has 1 unspecified atom stereocenters. The minimum atomic E-state index is -0.350. The Morgan fingerprint density at radius 1 is 1.06 bits per heavy atom. The predicted octanol–water partition coefficient (Wildman–Crippen LogP) is 5.16. The van der Waals surface area contributed by atoms with Crippen molar-refractivity contribution in [2.75, 3.05) is 18.5 Å². The monoisotopic (exact) mass is 442 g/mol. The Balaban J connectivity index is 1.45. The van der Waals surface area contributed by atoms with E-state index >= 15 is 0 Å². The van der Waals surface area contributed by atoms with Gasteiger partial charge in [-0.05, 0) is 47.3 Å². The second kappa shape index (κ2) is 8.48. The Labute approximate surface area is 190 Å². The molecule has 0 saturated carbocycles. The molecule has 160 valence electrons. The van der Waals surface area contributed by atoms with Crippen molar-refractivity contribution in [2.45, 2.75) is 13.0 Å². The van der Waals surface area contributed by atoms with E-state index in [2.05, 4.69) is 5.32 Å². The summed E-state index contributed by atoms with van der Waals surface area (Å²) in [6, 6.07) is 23.3. The standard InChI is InChI=1S/C26H22N2O3S/c1-17-8-11-22-21(13-17)26(23-7-4-12-32-23)28(15-24(29)27-22)25(30)16-31-20-10-9-18-5-2-3-6-19(18)14-20/h2-14,26H,15-16H2,1H3,(H,27,29). The lowest BCUT2D eigenvalue weighted by molar-refractivity contribution is -0.138. The average Bonchev–Trinajstić information content (AvgIpc) is 3.28. The van der Waals surface area contributed by atoms with Crippen molar-refractivity contribution in [1.82, 2.24) is 4.90 Å². The summed E-state index contributed by atoms with van der Waals surface area (Å²) >= 11 is 1.57. The second-order valence-electron chi connectivity index (χ2n) is 7.88. The molecule has 1 aliphatic heterocycles. The SMILES string of the molecule is Cc1ccc2c(c1)C(c1cccs1)N(C(=O)COc1ccc3ccccc3c1)CC(=O)N2. The van der Waals surface area contributed by atoms with Crippen LogP contribution in [-0.2, 0) is 9.59 Å². The van der Waals surface area contributed by atoms with Crippen LogP contribution in [0.2, 0.25) is 0 Å². The van der Waals surface area contributed by atoms with Gasteiger partial charge in [-0.15, -0.1) is 11.3 Å². The van der Waals surface area contributed by atoms with Gasteiger partial charge in [-0.2, -0.15) is 0 Å². The van der Waals surface area contributed by atoms with Crippen LogP contribution in [-0.4, -0.2) is 29.9 Å². The van der Waals surface area contributed by atoms with Crippen LogP contribution in [0.4, 0.5) is 5.69 Å². The number of thiophene rings is 1. The van der Waals surface area contributed by atoms with Crippen LogP contribution in [0.1, 0.15) is 22.0 Å². The molecule has 1 atom stereocenters. The maximum absolute atomic E-state index is 13.4. The van der Waals surface area contributed by atoms with Gasteiger partial charge in [0.15, 0.2) is 6.61 Å². The van der Waals surface area contributed by atoms with Crippen LogP contribution in [0, 0.1) is 6.92 Å². The highest BCUT2D eigenvalue weighted by atomic mass is 32.1. The molecule has 1 aromatic heterocycles. The first kappa shape index (κ1) is 20.3. The summed E-state index contributed by atoms with van der Waals surface area (Å²) in [7, 11) is 0. The van der Waals surface area contributed by atoms with E-state index in [1.807, 2.05) is 85.1 Å². The summed E-state index contributed by atoms with van der Waals surface area (Å²) in [6.45, 7) is 1.83. The third-order valence-corrected chi connectivity index (χ3v) is 6.54. The number of hydrogen-bond acceptors (Lipinski definition) is 4. The quantitative estimate of drug-likeness (QED) is 0.475. The van der Waals surface area contributed by atoms with Crippen LogP contribution in [0.5, 0.6) is 5.75 Å². The summed E-state index contributed by atoms with van der Waals surface area (Å²) in [5.74, 6) is 0.175. The number of carbonyl (C=O) groups is 2. The molecule has 5 rings (SSSR count). The molecule has 0 aliphatic carbocycles. The summed E-state index contributed by atoms with van der Waals surface area (Å²) in [4.78, 5) is 28.6. The molecule has 6 heteroatoms. The van der Waals surface area contributed by atoms with Crippen LogP contribution < -0.4 is 10.1 Å². The van der Waals surface area contributed by atoms with Gasteiger partial charge in [0.1, 0.15) is 12.3 Å². The highest BCUT2D eigenvalue weighted by molar-refractivity contribution is 7.10. The van der Waals surface area contributed by atoms with Gasteiger partial charge in [-0.3, -0.25) is 9.59 Å². The first-order chi connectivity index (χ1) is 15.6. The molecule has 2 heterocycles. The minimum absolute atomic E-state index is 0.0315. The zero-order valence-corrected chi connectivity index (χ0v) is 18.4. The van der Waals surface area contributed by atoms with Crippen molar-refractivity contribution in [1.29, 1.82) is 0 Å². The van der Waals surface area contributed by atoms with Crippen molar-refractivity contribution < 1.29 is 14.3 Å². The number of benzene rings is 3. The highest BCUT2D eigenvalue weighted by Crippen LogP contribution is 2.38. The van der Waals surface area contributed by atoms with E-state index in [1.165, 1.54) is 0 Å². The topological polar surface area (TPSA) is 58.6 Å². The van der Waals surface area contributed by atoms with Gasteiger partial charge < -0.3 is 15.0 Å². The Morgan fingerprint density at radius 3 is 2.72 bits per heavy atom. The number of amides is 2. The number of ether oxygens (including phenoxy) is 1. The predicted molar refractivity (Wildman–Crippen MR) is 127 cm³/mol. The van der Waals surface area contributed by atoms with E-state index in [0.29, 0.717) is 5.75 Å². The smallest absolute Gasteiger partial charge is 0.261 e. The van der Waals surface area contributed by atoms with Crippen molar-refractivity contribution in [3.8, 4) is 5.75 Å². The number of nitrogens with one attached hydrogen (secondary N) is 1. The van der Waals surface area contributed by atoms with Crippen molar-refractivity contribution in [3.05, 3.63) is 94.2 Å². The van der Waals surface area contributed by atoms with Crippen LogP contribution in [0.25, 0.3) is 10.8 Å². The van der Waals surface area contributed by atoms with Gasteiger partial charge in [0, 0.05) is 16.1 Å². The molecule has 32 heavy (non-hydrogen) atoms. The number of carbonyl (C=O) groups excluding carboxylic acids is 2. The number of aryl methyl sites for hydroxylation is 1. The first-order valence-corrected chi connectivity index (χ1v) is 11.3. The number of fused-ring (bicyclic) bond motifs is 2. The van der Waals surface area contributed by atoms with Crippen molar-refractivity contribution >= 4 is 39.6 Å². The molecule has 3 aromatic carbocycles. The second-order valence-corrected chi connectivity index (χ2v) is 8.86. The van der Waals surface area contributed by atoms with Crippen LogP contribution in [0.15, 0.2) is 78.2 Å². The summed E-state index contributed by atoms with van der Waals surface area (Å²) < 4.78 is 5.86. The van der Waals surface area contributed by atoms with Gasteiger partial charge in [0.05, 0.1) is 6.04 Å². The number of hydrogen-bond donors (Lipinski definition) is 1. The molecule has 1 aliphatic rings. The third kappa shape index (κ3) is 3.97. The van der Waals surface area contributed by atoms with Crippen molar-refractivity contribution in [2.24, 2.45) is 0 Å². The number of nitrogens with zero attached hydrogens (tertiary/aromatic N) is 1. The summed E-state index contributed by atoms with van der Waals surface area (Å²) in [5, 5.41) is 7.10. The zero-order chi connectivity index (χ0) is 22.1. The fourth-order valence-corrected chi connectivity index (χ4v) is 4.95. The Morgan fingerprint density at radius 2 is 1.91 bits per heavy atom. The van der Waals surface area contributed by atoms with E-state index in [9.17, 15) is 9.59 Å². The van der Waals surface area contributed by atoms with Gasteiger partial charge >= 0.3 is 0 Å². The molecule has 2 amide bonds. The Bertz CT molecular complexity index is 1300. The lowest BCUT2D eigenvalue weighted by Crippen LogP contribution is -2.41. The largest absolute Gasteiger partial charge is 0.484 e. The van der Waals surface area contributed by atoms with Crippen molar-refractivity contribution in [3.63, 3.8) is 0 Å². The molecule has 5 nitrogen and oxygen atoms in total. The zero-order valence-electron chi connectivity index (χ0n) is 17.6. The fourth-order valence-electron chi connectivity index (χ4n) is 4.10. The lowest BCUT2D eigenvalue weighted by atomic mass is 9.99. The Hall–Kier alpha value is -3.64. The molecular weight excluding hydrogens is 420 g/mol. The lowest BCUT2D eigenvalue weighted by Gasteiger charge is -2.29. The number of anilines is 1. The molecule has 0 saturated heterocycles. The number of rotatable bonds is 4. The first-order valence-electron chi connectivity index (χ1n) is 10.4. The van der Waals surface area contributed by atoms with E-state index in [1.54, 1.807) is 16.2 Å². The van der Waals surface area contributed by atoms with E-state index in [-0.39, 0.29) is 31.0 Å². The van der Waals surface area contributed by atoms with E-state index in [4.69, 9.17) is 4.74 Å². The minimum Gasteiger partial charge on any atom is -0.484 e. The molecule has 1 N–H and O–H groups in total. The normalized spacial score (nSPS) is 15.7. The third-order valence-electron chi connectivity index (χ3n) is 5.62. The van der Waals surface area contributed by atoms with E-state index in [0.717, 1.165) is 32.5 Å². The van der Waals surface area contributed by atoms with Crippen LogP contribution >= 0.6 is 11.3 Å². The molecule has 0 radical (unpaired) electrons. The maximum atomic E-state index is 13.4. The summed E-state index contributed by atoms with van der Waals surface area (Å²) in [6.07, 6.45) is 0. The fraction of sp³-hybridized carbons (Fsp3) is 0.154. The molecule has 0 spiro atoms. The Kier molecular flexibility index (Phi) is 5.37. The maximum Gasteiger partial charge on any atom is 0.261 e. The molecule has 4 aromatic rings. The molecular formula is C26H22N2O3S. The van der Waals surface area contributed by atoms with Gasteiger partial charge in [0.2, 0.25) is 5.91 Å². The van der Waals surface area contributed by atoms with Crippen LogP contribution in [0.3, 0.4) is 0 Å². The molecule has 0 bridgehead atoms. The van der Waals surface area contributed by atoms with E-state index < -0.39 is 0 Å². The molecule has 0 fully saturated rings. The average molecular weight is 443 g/mol. The summed E-state index contributed by atoms with van der Waals surface area (Å²) in [5.41, 5.74) is 2.73. The van der Waals surface area contributed by atoms with Gasteiger partial charge in [-0.1, -0.05) is 54.1 Å². The van der Waals surface area contributed by atoms with Gasteiger partial charge in [-0.25, -0.2) is 0 Å². The van der Waals surface area contributed by atoms with Gasteiger partial charge in [0.25, 0.3) is 5.91 Å².